The Kier molecular flexibility index (Phi) is 3.68. The monoisotopic (exact) mass is 233 g/mol. The SMILES string of the molecule is N#Cc1ccnc(SC2CCCCC2)c1N. The Labute approximate surface area is 100 Å². The molecule has 1 aliphatic carbocycles. The second kappa shape index (κ2) is 5.22. The minimum atomic E-state index is 0.535. The first-order valence-corrected chi connectivity index (χ1v) is 6.50. The molecule has 0 amide bonds. The van der Waals surface area contributed by atoms with Gasteiger partial charge in [-0.25, -0.2) is 4.98 Å². The van der Waals surface area contributed by atoms with Crippen LogP contribution in [0.15, 0.2) is 17.3 Å². The third-order valence-electron chi connectivity index (χ3n) is 2.90. The summed E-state index contributed by atoms with van der Waals surface area (Å²) >= 11 is 1.73. The highest BCUT2D eigenvalue weighted by Crippen LogP contribution is 2.35. The number of nitrogen functional groups attached to an aromatic ring is 1. The molecule has 16 heavy (non-hydrogen) atoms. The maximum atomic E-state index is 8.88. The van der Waals surface area contributed by atoms with Crippen LogP contribution in [-0.4, -0.2) is 10.2 Å². The number of nitrogens with two attached hydrogens (primary N) is 1. The van der Waals surface area contributed by atoms with E-state index in [1.807, 2.05) is 0 Å². The van der Waals surface area contributed by atoms with E-state index >= 15 is 0 Å². The van der Waals surface area contributed by atoms with Crippen molar-refractivity contribution in [3.8, 4) is 6.07 Å². The molecule has 0 aliphatic heterocycles. The summed E-state index contributed by atoms with van der Waals surface area (Å²) in [5, 5.41) is 10.3. The van der Waals surface area contributed by atoms with Crippen LogP contribution in [0.2, 0.25) is 0 Å². The van der Waals surface area contributed by atoms with Gasteiger partial charge in [-0.3, -0.25) is 0 Å². The number of nitrogens with zero attached hydrogens (tertiary/aromatic N) is 2. The van der Waals surface area contributed by atoms with Crippen LogP contribution in [-0.2, 0) is 0 Å². The van der Waals surface area contributed by atoms with Gasteiger partial charge in [0.15, 0.2) is 0 Å². The molecular formula is C12H15N3S. The van der Waals surface area contributed by atoms with E-state index in [0.29, 0.717) is 16.5 Å². The van der Waals surface area contributed by atoms with Crippen LogP contribution in [0, 0.1) is 11.3 Å². The van der Waals surface area contributed by atoms with Crippen LogP contribution in [0.5, 0.6) is 0 Å². The van der Waals surface area contributed by atoms with Crippen molar-refractivity contribution in [3.05, 3.63) is 17.8 Å². The standard InChI is InChI=1S/C12H15N3S/c13-8-9-6-7-15-12(11(9)14)16-10-4-2-1-3-5-10/h6-7,10H,1-5,14H2. The Hall–Kier alpha value is -1.21. The van der Waals surface area contributed by atoms with Crippen molar-refractivity contribution in [3.63, 3.8) is 0 Å². The van der Waals surface area contributed by atoms with Crippen molar-refractivity contribution in [2.75, 3.05) is 5.73 Å². The fraction of sp³-hybridized carbons (Fsp3) is 0.500. The molecule has 2 rings (SSSR count). The van der Waals surface area contributed by atoms with Gasteiger partial charge in [0, 0.05) is 11.4 Å². The molecule has 1 fully saturated rings. The maximum absolute atomic E-state index is 8.88. The minimum absolute atomic E-state index is 0.535. The Balaban J connectivity index is 2.12. The summed E-state index contributed by atoms with van der Waals surface area (Å²) in [7, 11) is 0. The highest BCUT2D eigenvalue weighted by atomic mass is 32.2. The lowest BCUT2D eigenvalue weighted by Gasteiger charge is -2.21. The van der Waals surface area contributed by atoms with Crippen LogP contribution in [0.1, 0.15) is 37.7 Å². The number of hydrogen-bond donors (Lipinski definition) is 1. The maximum Gasteiger partial charge on any atom is 0.121 e. The molecule has 1 aromatic heterocycles. The van der Waals surface area contributed by atoms with E-state index in [-0.39, 0.29) is 0 Å². The number of thioether (sulfide) groups is 1. The molecular weight excluding hydrogens is 218 g/mol. The zero-order valence-corrected chi connectivity index (χ0v) is 9.96. The Bertz CT molecular complexity index is 405. The van der Waals surface area contributed by atoms with Gasteiger partial charge in [-0.2, -0.15) is 5.26 Å². The van der Waals surface area contributed by atoms with Gasteiger partial charge >= 0.3 is 0 Å². The predicted octanol–water partition coefficient (Wildman–Crippen LogP) is 2.96. The van der Waals surface area contributed by atoms with Crippen LogP contribution >= 0.6 is 11.8 Å². The predicted molar refractivity (Wildman–Crippen MR) is 66.1 cm³/mol. The van der Waals surface area contributed by atoms with Crippen molar-refractivity contribution in [1.82, 2.24) is 4.98 Å². The lowest BCUT2D eigenvalue weighted by Crippen LogP contribution is -2.09. The molecule has 2 N–H and O–H groups in total. The molecule has 0 bridgehead atoms. The zero-order chi connectivity index (χ0) is 11.4. The molecule has 0 aromatic carbocycles. The molecule has 84 valence electrons. The summed E-state index contributed by atoms with van der Waals surface area (Å²) in [5.41, 5.74) is 6.98. The van der Waals surface area contributed by atoms with Gasteiger partial charge < -0.3 is 5.73 Å². The molecule has 1 aromatic rings. The van der Waals surface area contributed by atoms with Gasteiger partial charge in [0.05, 0.1) is 11.3 Å². The summed E-state index contributed by atoms with van der Waals surface area (Å²) in [5.74, 6) is 0. The van der Waals surface area contributed by atoms with E-state index in [1.54, 1.807) is 24.0 Å². The normalized spacial score (nSPS) is 16.9. The smallest absolute Gasteiger partial charge is 0.121 e. The first kappa shape index (κ1) is 11.3. The van der Waals surface area contributed by atoms with Crippen molar-refractivity contribution < 1.29 is 0 Å². The van der Waals surface area contributed by atoms with E-state index in [4.69, 9.17) is 11.0 Å². The number of pyridine rings is 1. The number of rotatable bonds is 2. The van der Waals surface area contributed by atoms with Gasteiger partial charge in [-0.05, 0) is 18.9 Å². The summed E-state index contributed by atoms with van der Waals surface area (Å²) in [6.07, 6.45) is 8.09. The zero-order valence-electron chi connectivity index (χ0n) is 9.15. The Morgan fingerprint density at radius 2 is 2.12 bits per heavy atom. The second-order valence-corrected chi connectivity index (χ2v) is 5.36. The summed E-state index contributed by atoms with van der Waals surface area (Å²) in [6.45, 7) is 0. The third kappa shape index (κ3) is 2.48. The Morgan fingerprint density at radius 3 is 2.81 bits per heavy atom. The number of anilines is 1. The summed E-state index contributed by atoms with van der Waals surface area (Å²) < 4.78 is 0. The highest BCUT2D eigenvalue weighted by Gasteiger charge is 2.17. The molecule has 1 heterocycles. The van der Waals surface area contributed by atoms with E-state index in [0.717, 1.165) is 5.03 Å². The fourth-order valence-corrected chi connectivity index (χ4v) is 3.23. The lowest BCUT2D eigenvalue weighted by atomic mass is 10.0. The number of hydrogen-bond acceptors (Lipinski definition) is 4. The summed E-state index contributed by atoms with van der Waals surface area (Å²) in [4.78, 5) is 4.27. The first-order valence-electron chi connectivity index (χ1n) is 5.62. The van der Waals surface area contributed by atoms with E-state index in [1.165, 1.54) is 32.1 Å². The Morgan fingerprint density at radius 1 is 1.38 bits per heavy atom. The number of aromatic nitrogens is 1. The molecule has 1 saturated carbocycles. The van der Waals surface area contributed by atoms with Crippen molar-refractivity contribution in [1.29, 1.82) is 5.26 Å². The first-order chi connectivity index (χ1) is 7.81. The molecule has 0 spiro atoms. The van der Waals surface area contributed by atoms with Crippen LogP contribution < -0.4 is 5.73 Å². The van der Waals surface area contributed by atoms with Gasteiger partial charge in [-0.1, -0.05) is 19.3 Å². The van der Waals surface area contributed by atoms with Crippen LogP contribution in [0.4, 0.5) is 5.69 Å². The van der Waals surface area contributed by atoms with Crippen molar-refractivity contribution in [2.45, 2.75) is 42.4 Å². The van der Waals surface area contributed by atoms with Gasteiger partial charge in [0.2, 0.25) is 0 Å². The average molecular weight is 233 g/mol. The molecule has 4 heteroatoms. The molecule has 1 aliphatic rings. The van der Waals surface area contributed by atoms with Crippen LogP contribution in [0.25, 0.3) is 0 Å². The largest absolute Gasteiger partial charge is 0.395 e. The minimum Gasteiger partial charge on any atom is -0.395 e. The second-order valence-electron chi connectivity index (χ2n) is 4.07. The van der Waals surface area contributed by atoms with E-state index in [9.17, 15) is 0 Å². The average Bonchev–Trinajstić information content (AvgIpc) is 2.33. The molecule has 0 radical (unpaired) electrons. The van der Waals surface area contributed by atoms with Crippen molar-refractivity contribution in [2.24, 2.45) is 0 Å². The molecule has 0 unspecified atom stereocenters. The van der Waals surface area contributed by atoms with Gasteiger partial charge in [0.25, 0.3) is 0 Å². The molecule has 0 atom stereocenters. The molecule has 0 saturated heterocycles. The third-order valence-corrected chi connectivity index (χ3v) is 4.26. The quantitative estimate of drug-likeness (QED) is 0.853. The van der Waals surface area contributed by atoms with Crippen molar-refractivity contribution >= 4 is 17.4 Å². The highest BCUT2D eigenvalue weighted by molar-refractivity contribution is 8.00. The van der Waals surface area contributed by atoms with E-state index in [2.05, 4.69) is 11.1 Å². The number of nitriles is 1. The van der Waals surface area contributed by atoms with E-state index < -0.39 is 0 Å². The van der Waals surface area contributed by atoms with Gasteiger partial charge in [0.1, 0.15) is 11.1 Å². The summed E-state index contributed by atoms with van der Waals surface area (Å²) in [6, 6.07) is 3.76. The van der Waals surface area contributed by atoms with Gasteiger partial charge in [-0.15, -0.1) is 11.8 Å². The molecule has 3 nitrogen and oxygen atoms in total. The lowest BCUT2D eigenvalue weighted by molar-refractivity contribution is 0.516. The topological polar surface area (TPSA) is 62.7 Å². The van der Waals surface area contributed by atoms with Crippen LogP contribution in [0.3, 0.4) is 0 Å². The fourth-order valence-electron chi connectivity index (χ4n) is 1.99.